The average Bonchev–Trinajstić information content (AvgIpc) is 2.29. The van der Waals surface area contributed by atoms with Crippen molar-refractivity contribution in [2.45, 2.75) is 19.4 Å². The number of methoxy groups -OCH3 is 1. The number of aliphatic hydroxyl groups excluding tert-OH is 1. The summed E-state index contributed by atoms with van der Waals surface area (Å²) >= 11 is 3.32. The van der Waals surface area contributed by atoms with Crippen LogP contribution in [0.2, 0.25) is 0 Å². The minimum Gasteiger partial charge on any atom is -0.497 e. The summed E-state index contributed by atoms with van der Waals surface area (Å²) in [4.78, 5) is 11.8. The van der Waals surface area contributed by atoms with Crippen molar-refractivity contribution >= 4 is 21.8 Å². The van der Waals surface area contributed by atoms with E-state index >= 15 is 0 Å². The molecule has 1 unspecified atom stereocenters. The van der Waals surface area contributed by atoms with Crippen molar-refractivity contribution in [3.8, 4) is 5.75 Å². The Morgan fingerprint density at radius 3 is 2.88 bits per heavy atom. The standard InChI is InChI=1S/C12H16BrNO3/c1-8(15)5-6-14-12(16)10-7-9(17-2)3-4-11(10)13/h3-4,7-8,15H,5-6H2,1-2H3,(H,14,16). The first-order valence-corrected chi connectivity index (χ1v) is 6.13. The molecule has 0 radical (unpaired) electrons. The average molecular weight is 302 g/mol. The van der Waals surface area contributed by atoms with Crippen molar-refractivity contribution < 1.29 is 14.6 Å². The quantitative estimate of drug-likeness (QED) is 0.874. The van der Waals surface area contributed by atoms with Crippen molar-refractivity contribution in [1.82, 2.24) is 5.32 Å². The third-order valence-electron chi connectivity index (χ3n) is 2.27. The Balaban J connectivity index is 2.67. The lowest BCUT2D eigenvalue weighted by atomic mass is 10.2. The number of hydrogen-bond acceptors (Lipinski definition) is 3. The minimum atomic E-state index is -0.413. The Labute approximate surface area is 109 Å². The van der Waals surface area contributed by atoms with Gasteiger partial charge in [0.05, 0.1) is 18.8 Å². The fourth-order valence-corrected chi connectivity index (χ4v) is 1.72. The van der Waals surface area contributed by atoms with Gasteiger partial charge >= 0.3 is 0 Å². The third-order valence-corrected chi connectivity index (χ3v) is 2.96. The zero-order chi connectivity index (χ0) is 12.8. The second-order valence-electron chi connectivity index (χ2n) is 3.74. The number of hydrogen-bond donors (Lipinski definition) is 2. The highest BCUT2D eigenvalue weighted by molar-refractivity contribution is 9.10. The third kappa shape index (κ3) is 4.36. The number of benzene rings is 1. The van der Waals surface area contributed by atoms with Crippen molar-refractivity contribution in [3.05, 3.63) is 28.2 Å². The topological polar surface area (TPSA) is 58.6 Å². The van der Waals surface area contributed by atoms with Gasteiger partial charge in [0.15, 0.2) is 0 Å². The lowest BCUT2D eigenvalue weighted by molar-refractivity contribution is 0.0944. The molecule has 0 fully saturated rings. The summed E-state index contributed by atoms with van der Waals surface area (Å²) in [6, 6.07) is 5.21. The van der Waals surface area contributed by atoms with Crippen LogP contribution < -0.4 is 10.1 Å². The monoisotopic (exact) mass is 301 g/mol. The summed E-state index contributed by atoms with van der Waals surface area (Å²) < 4.78 is 5.78. The molecule has 0 saturated heterocycles. The molecule has 2 N–H and O–H groups in total. The molecule has 0 aliphatic heterocycles. The Bertz CT molecular complexity index is 393. The summed E-state index contributed by atoms with van der Waals surface area (Å²) in [6.07, 6.45) is 0.122. The fourth-order valence-electron chi connectivity index (χ4n) is 1.30. The lowest BCUT2D eigenvalue weighted by Crippen LogP contribution is -2.26. The van der Waals surface area contributed by atoms with E-state index in [0.717, 1.165) is 0 Å². The van der Waals surface area contributed by atoms with E-state index in [1.807, 2.05) is 0 Å². The van der Waals surface area contributed by atoms with Gasteiger partial charge in [-0.25, -0.2) is 0 Å². The zero-order valence-corrected chi connectivity index (χ0v) is 11.5. The molecular weight excluding hydrogens is 286 g/mol. The van der Waals surface area contributed by atoms with Crippen LogP contribution in [0.1, 0.15) is 23.7 Å². The molecule has 1 amide bonds. The van der Waals surface area contributed by atoms with E-state index in [9.17, 15) is 4.79 Å². The second-order valence-corrected chi connectivity index (χ2v) is 4.59. The van der Waals surface area contributed by atoms with Gasteiger partial charge in [0.2, 0.25) is 0 Å². The van der Waals surface area contributed by atoms with E-state index in [2.05, 4.69) is 21.2 Å². The van der Waals surface area contributed by atoms with Crippen LogP contribution >= 0.6 is 15.9 Å². The number of amides is 1. The first-order valence-electron chi connectivity index (χ1n) is 5.34. The number of ether oxygens (including phenoxy) is 1. The van der Waals surface area contributed by atoms with E-state index < -0.39 is 6.10 Å². The second kappa shape index (κ2) is 6.61. The van der Waals surface area contributed by atoms with E-state index in [4.69, 9.17) is 9.84 Å². The Morgan fingerprint density at radius 1 is 1.59 bits per heavy atom. The van der Waals surface area contributed by atoms with Gasteiger partial charge in [-0.15, -0.1) is 0 Å². The molecule has 0 aromatic heterocycles. The van der Waals surface area contributed by atoms with Crippen molar-refractivity contribution in [1.29, 1.82) is 0 Å². The van der Waals surface area contributed by atoms with Crippen molar-refractivity contribution in [2.24, 2.45) is 0 Å². The molecule has 4 nitrogen and oxygen atoms in total. The Hall–Kier alpha value is -1.07. The number of aliphatic hydroxyl groups is 1. The summed E-state index contributed by atoms with van der Waals surface area (Å²) in [7, 11) is 1.55. The zero-order valence-electron chi connectivity index (χ0n) is 9.87. The summed E-state index contributed by atoms with van der Waals surface area (Å²) in [5.74, 6) is 0.449. The number of nitrogens with one attached hydrogen (secondary N) is 1. The van der Waals surface area contributed by atoms with Crippen molar-refractivity contribution in [2.75, 3.05) is 13.7 Å². The molecule has 1 atom stereocenters. The van der Waals surface area contributed by atoms with E-state index in [-0.39, 0.29) is 5.91 Å². The number of carbonyl (C=O) groups excluding carboxylic acids is 1. The molecular formula is C12H16BrNO3. The Kier molecular flexibility index (Phi) is 5.44. The maximum absolute atomic E-state index is 11.8. The van der Waals surface area contributed by atoms with Crippen LogP contribution in [0.25, 0.3) is 0 Å². The molecule has 0 bridgehead atoms. The normalized spacial score (nSPS) is 12.0. The summed E-state index contributed by atoms with van der Waals surface area (Å²) in [5.41, 5.74) is 0.523. The molecule has 1 rings (SSSR count). The minimum absolute atomic E-state index is 0.184. The van der Waals surface area contributed by atoms with Crippen LogP contribution in [-0.2, 0) is 0 Å². The highest BCUT2D eigenvalue weighted by Gasteiger charge is 2.11. The predicted molar refractivity (Wildman–Crippen MR) is 69.3 cm³/mol. The molecule has 0 aliphatic rings. The molecule has 1 aromatic rings. The van der Waals surface area contributed by atoms with Crippen LogP contribution in [0, 0.1) is 0 Å². The fraction of sp³-hybridized carbons (Fsp3) is 0.417. The van der Waals surface area contributed by atoms with Crippen molar-refractivity contribution in [3.63, 3.8) is 0 Å². The molecule has 1 aromatic carbocycles. The summed E-state index contributed by atoms with van der Waals surface area (Å²) in [5, 5.41) is 11.8. The van der Waals surface area contributed by atoms with Crippen LogP contribution in [0.15, 0.2) is 22.7 Å². The maximum atomic E-state index is 11.8. The van der Waals surface area contributed by atoms with Gasteiger partial charge in [-0.3, -0.25) is 4.79 Å². The molecule has 5 heteroatoms. The number of carbonyl (C=O) groups is 1. The van der Waals surface area contributed by atoms with E-state index in [1.54, 1.807) is 32.2 Å². The lowest BCUT2D eigenvalue weighted by Gasteiger charge is -2.09. The molecule has 0 saturated carbocycles. The van der Waals surface area contributed by atoms with Gasteiger partial charge in [0.25, 0.3) is 5.91 Å². The van der Waals surface area contributed by atoms with Crippen LogP contribution in [0.3, 0.4) is 0 Å². The molecule has 0 aliphatic carbocycles. The first kappa shape index (κ1) is 14.0. The van der Waals surface area contributed by atoms with Gasteiger partial charge in [-0.1, -0.05) is 0 Å². The number of rotatable bonds is 5. The largest absolute Gasteiger partial charge is 0.497 e. The molecule has 0 spiro atoms. The van der Waals surface area contributed by atoms with Crippen LogP contribution in [0.4, 0.5) is 0 Å². The van der Waals surface area contributed by atoms with E-state index in [1.165, 1.54) is 0 Å². The van der Waals surface area contributed by atoms with Gasteiger partial charge in [-0.2, -0.15) is 0 Å². The smallest absolute Gasteiger partial charge is 0.252 e. The highest BCUT2D eigenvalue weighted by Crippen LogP contribution is 2.22. The summed E-state index contributed by atoms with van der Waals surface area (Å²) in [6.45, 7) is 2.13. The molecule has 94 valence electrons. The number of halogens is 1. The molecule has 0 heterocycles. The van der Waals surface area contributed by atoms with Gasteiger partial charge < -0.3 is 15.2 Å². The highest BCUT2D eigenvalue weighted by atomic mass is 79.9. The maximum Gasteiger partial charge on any atom is 0.252 e. The Morgan fingerprint density at radius 2 is 2.29 bits per heavy atom. The van der Waals surface area contributed by atoms with Crippen LogP contribution in [0.5, 0.6) is 5.75 Å². The first-order chi connectivity index (χ1) is 8.04. The van der Waals surface area contributed by atoms with Gasteiger partial charge in [-0.05, 0) is 47.5 Å². The van der Waals surface area contributed by atoms with E-state index in [0.29, 0.717) is 28.8 Å². The van der Waals surface area contributed by atoms with Gasteiger partial charge in [0, 0.05) is 11.0 Å². The van der Waals surface area contributed by atoms with Gasteiger partial charge in [0.1, 0.15) is 5.75 Å². The van der Waals surface area contributed by atoms with Crippen LogP contribution in [-0.4, -0.2) is 30.8 Å². The predicted octanol–water partition coefficient (Wildman–Crippen LogP) is 1.96. The SMILES string of the molecule is COc1ccc(Br)c(C(=O)NCCC(C)O)c1. The molecule has 17 heavy (non-hydrogen) atoms.